The van der Waals surface area contributed by atoms with Gasteiger partial charge < -0.3 is 10.5 Å². The van der Waals surface area contributed by atoms with Crippen LogP contribution in [-0.4, -0.2) is 29.7 Å². The summed E-state index contributed by atoms with van der Waals surface area (Å²) in [6.45, 7) is 2.77. The van der Waals surface area contributed by atoms with Gasteiger partial charge in [-0.1, -0.05) is 24.3 Å². The van der Waals surface area contributed by atoms with Crippen LogP contribution in [0.5, 0.6) is 0 Å². The number of nitrogens with zero attached hydrogens (tertiary/aromatic N) is 2. The zero-order chi connectivity index (χ0) is 17.9. The lowest BCUT2D eigenvalue weighted by atomic mass is 10.1. The Hall–Kier alpha value is -2.54. The van der Waals surface area contributed by atoms with Gasteiger partial charge in [-0.05, 0) is 12.1 Å². The lowest BCUT2D eigenvalue weighted by molar-refractivity contribution is 0.0593. The first-order chi connectivity index (χ1) is 11.4. The van der Waals surface area contributed by atoms with E-state index in [-0.39, 0.29) is 45.5 Å². The summed E-state index contributed by atoms with van der Waals surface area (Å²) in [6, 6.07) is 2.74. The lowest BCUT2D eigenvalue weighted by Crippen LogP contribution is -2.12. The van der Waals surface area contributed by atoms with Gasteiger partial charge in [0, 0.05) is 22.6 Å². The molecule has 0 aliphatic rings. The van der Waals surface area contributed by atoms with E-state index < -0.39 is 18.5 Å². The first-order valence-electron chi connectivity index (χ1n) is 6.86. The minimum absolute atomic E-state index is 0.00579. The molecular formula is C16H14ClF2N3O2. The highest BCUT2D eigenvalue weighted by atomic mass is 35.5. The highest BCUT2D eigenvalue weighted by Gasteiger charge is 2.21. The maximum Gasteiger partial charge on any atom is 0.357 e. The molecule has 0 aliphatic carbocycles. The maximum atomic E-state index is 14.6. The summed E-state index contributed by atoms with van der Waals surface area (Å²) < 4.78 is 31.9. The fourth-order valence-electron chi connectivity index (χ4n) is 2.15. The van der Waals surface area contributed by atoms with Crippen molar-refractivity contribution in [2.24, 2.45) is 0 Å². The standard InChI is InChI=1S/C16H14ClF2N3O2/c1-3-8-13(16(23)24-2)21-15(22-14(8)20)10-4-5-11(17)9(6-7-18)12(10)19/h3-5H,1,6-7H2,2H3,(H2,20,21,22). The van der Waals surface area contributed by atoms with E-state index in [4.69, 9.17) is 17.3 Å². The van der Waals surface area contributed by atoms with Crippen LogP contribution >= 0.6 is 11.6 Å². The Morgan fingerprint density at radius 3 is 2.75 bits per heavy atom. The molecule has 0 bridgehead atoms. The molecule has 1 aromatic heterocycles. The van der Waals surface area contributed by atoms with E-state index in [1.807, 2.05) is 0 Å². The summed E-state index contributed by atoms with van der Waals surface area (Å²) in [5.41, 5.74) is 5.80. The van der Waals surface area contributed by atoms with Gasteiger partial charge in [-0.2, -0.15) is 0 Å². The van der Waals surface area contributed by atoms with Gasteiger partial charge in [-0.15, -0.1) is 0 Å². The number of halogens is 3. The predicted octanol–water partition coefficient (Wildman–Crippen LogP) is 3.46. The van der Waals surface area contributed by atoms with Crippen LogP contribution in [0.4, 0.5) is 14.6 Å². The van der Waals surface area contributed by atoms with Crippen molar-refractivity contribution >= 4 is 29.5 Å². The van der Waals surface area contributed by atoms with Crippen molar-refractivity contribution in [2.75, 3.05) is 19.5 Å². The minimum atomic E-state index is -0.772. The molecule has 0 aliphatic heterocycles. The summed E-state index contributed by atoms with van der Waals surface area (Å²) in [4.78, 5) is 19.9. The fourth-order valence-corrected chi connectivity index (χ4v) is 2.40. The van der Waals surface area contributed by atoms with Crippen LogP contribution in [0.1, 0.15) is 21.6 Å². The average molecular weight is 354 g/mol. The number of ether oxygens (including phenoxy) is 1. The minimum Gasteiger partial charge on any atom is -0.464 e. The molecule has 8 heteroatoms. The third-order valence-corrected chi connectivity index (χ3v) is 3.68. The monoisotopic (exact) mass is 353 g/mol. The molecule has 0 spiro atoms. The predicted molar refractivity (Wildman–Crippen MR) is 88.0 cm³/mol. The summed E-state index contributed by atoms with van der Waals surface area (Å²) in [5.74, 6) is -1.72. The van der Waals surface area contributed by atoms with Crippen molar-refractivity contribution in [1.29, 1.82) is 0 Å². The third-order valence-electron chi connectivity index (χ3n) is 3.33. The number of carbonyl (C=O) groups excluding carboxylic acids is 1. The molecule has 0 saturated carbocycles. The molecule has 0 atom stereocenters. The van der Waals surface area contributed by atoms with Crippen molar-refractivity contribution in [3.05, 3.63) is 46.4 Å². The zero-order valence-electron chi connectivity index (χ0n) is 12.8. The van der Waals surface area contributed by atoms with Crippen LogP contribution in [0.3, 0.4) is 0 Å². The molecule has 126 valence electrons. The van der Waals surface area contributed by atoms with Crippen molar-refractivity contribution in [3.63, 3.8) is 0 Å². The number of methoxy groups -OCH3 is 1. The number of benzene rings is 1. The van der Waals surface area contributed by atoms with Crippen LogP contribution in [0.15, 0.2) is 18.7 Å². The quantitative estimate of drug-likeness (QED) is 0.833. The molecule has 1 aromatic carbocycles. The van der Waals surface area contributed by atoms with E-state index in [0.717, 1.165) is 0 Å². The van der Waals surface area contributed by atoms with E-state index in [9.17, 15) is 13.6 Å². The third kappa shape index (κ3) is 3.21. The topological polar surface area (TPSA) is 78.1 Å². The first-order valence-corrected chi connectivity index (χ1v) is 7.23. The van der Waals surface area contributed by atoms with Crippen LogP contribution < -0.4 is 5.73 Å². The Labute approximate surface area is 142 Å². The molecule has 5 nitrogen and oxygen atoms in total. The smallest absolute Gasteiger partial charge is 0.357 e. The molecule has 2 N–H and O–H groups in total. The summed E-state index contributed by atoms with van der Waals surface area (Å²) in [5, 5.41) is 0.0952. The summed E-state index contributed by atoms with van der Waals surface area (Å²) in [6.07, 6.45) is 1.11. The van der Waals surface area contributed by atoms with Gasteiger partial charge in [0.05, 0.1) is 19.3 Å². The largest absolute Gasteiger partial charge is 0.464 e. The second kappa shape index (κ2) is 7.35. The van der Waals surface area contributed by atoms with E-state index in [0.29, 0.717) is 0 Å². The Bertz CT molecular complexity index is 812. The Balaban J connectivity index is 2.70. The summed E-state index contributed by atoms with van der Waals surface area (Å²) >= 11 is 5.89. The molecule has 0 saturated heterocycles. The number of esters is 1. The number of rotatable bonds is 5. The number of hydrogen-bond donors (Lipinski definition) is 1. The lowest BCUT2D eigenvalue weighted by Gasteiger charge is -2.12. The maximum absolute atomic E-state index is 14.6. The number of nitrogens with two attached hydrogens (primary N) is 1. The second-order valence-corrected chi connectivity index (χ2v) is 5.12. The van der Waals surface area contributed by atoms with Crippen molar-refractivity contribution < 1.29 is 18.3 Å². The van der Waals surface area contributed by atoms with Gasteiger partial charge in [0.25, 0.3) is 0 Å². The first kappa shape index (κ1) is 17.8. The Kier molecular flexibility index (Phi) is 5.46. The number of hydrogen-bond acceptors (Lipinski definition) is 5. The van der Waals surface area contributed by atoms with Crippen LogP contribution in [0.25, 0.3) is 17.5 Å². The number of carbonyl (C=O) groups is 1. The normalized spacial score (nSPS) is 10.5. The highest BCUT2D eigenvalue weighted by molar-refractivity contribution is 6.31. The van der Waals surface area contributed by atoms with E-state index in [1.54, 1.807) is 0 Å². The Morgan fingerprint density at radius 2 is 2.17 bits per heavy atom. The fraction of sp³-hybridized carbons (Fsp3) is 0.188. The number of anilines is 1. The van der Waals surface area contributed by atoms with Crippen LogP contribution in [0.2, 0.25) is 5.02 Å². The van der Waals surface area contributed by atoms with Crippen molar-refractivity contribution in [2.45, 2.75) is 6.42 Å². The van der Waals surface area contributed by atoms with Gasteiger partial charge in [0.2, 0.25) is 0 Å². The molecule has 0 unspecified atom stereocenters. The Morgan fingerprint density at radius 1 is 1.46 bits per heavy atom. The van der Waals surface area contributed by atoms with Gasteiger partial charge >= 0.3 is 5.97 Å². The molecule has 1 heterocycles. The molecule has 24 heavy (non-hydrogen) atoms. The van der Waals surface area contributed by atoms with Gasteiger partial charge in [0.1, 0.15) is 11.6 Å². The number of nitrogen functional groups attached to an aromatic ring is 1. The zero-order valence-corrected chi connectivity index (χ0v) is 13.5. The van der Waals surface area contributed by atoms with Crippen LogP contribution in [0, 0.1) is 5.82 Å². The van der Waals surface area contributed by atoms with Crippen LogP contribution in [-0.2, 0) is 11.2 Å². The van der Waals surface area contributed by atoms with Crippen molar-refractivity contribution in [3.8, 4) is 11.4 Å². The molecular weight excluding hydrogens is 340 g/mol. The van der Waals surface area contributed by atoms with E-state index in [2.05, 4.69) is 21.3 Å². The molecule has 0 radical (unpaired) electrons. The molecule has 2 rings (SSSR count). The molecule has 0 amide bonds. The second-order valence-electron chi connectivity index (χ2n) is 4.72. The van der Waals surface area contributed by atoms with Gasteiger partial charge in [0.15, 0.2) is 11.5 Å². The van der Waals surface area contributed by atoms with E-state index in [1.165, 1.54) is 25.3 Å². The highest BCUT2D eigenvalue weighted by Crippen LogP contribution is 2.30. The average Bonchev–Trinajstić information content (AvgIpc) is 2.57. The van der Waals surface area contributed by atoms with E-state index >= 15 is 0 Å². The SMILES string of the molecule is C=Cc1c(N)nc(-c2ccc(Cl)c(CCF)c2F)nc1C(=O)OC. The molecule has 2 aromatic rings. The van der Waals surface area contributed by atoms with Crippen molar-refractivity contribution in [1.82, 2.24) is 9.97 Å². The number of aromatic nitrogens is 2. The van der Waals surface area contributed by atoms with Gasteiger partial charge in [-0.25, -0.2) is 19.2 Å². The molecule has 0 fully saturated rings. The number of alkyl halides is 1. The van der Waals surface area contributed by atoms with Gasteiger partial charge in [-0.3, -0.25) is 4.39 Å². The summed E-state index contributed by atoms with van der Waals surface area (Å²) in [7, 11) is 1.18.